The number of carbonyl (C=O) groups excluding carboxylic acids is 1. The van der Waals surface area contributed by atoms with Gasteiger partial charge >= 0.3 is 0 Å². The molecule has 2 atom stereocenters. The van der Waals surface area contributed by atoms with Gasteiger partial charge in [0.1, 0.15) is 12.4 Å². The Kier molecular flexibility index (Phi) is 3.33. The van der Waals surface area contributed by atoms with Crippen LogP contribution in [0, 0.1) is 0 Å². The number of aromatic amines is 1. The monoisotopic (exact) mass is 310 g/mol. The summed E-state index contributed by atoms with van der Waals surface area (Å²) in [5.41, 5.74) is 3.59. The number of aromatic nitrogens is 5. The minimum Gasteiger partial charge on any atom is -0.356 e. The summed E-state index contributed by atoms with van der Waals surface area (Å²) >= 11 is 0. The number of nitrogens with one attached hydrogen (secondary N) is 2. The lowest BCUT2D eigenvalue weighted by Gasteiger charge is -2.25. The molecule has 2 heterocycles. The van der Waals surface area contributed by atoms with E-state index >= 15 is 0 Å². The molecule has 7 heteroatoms. The van der Waals surface area contributed by atoms with Crippen molar-refractivity contribution < 1.29 is 4.79 Å². The molecule has 0 aliphatic heterocycles. The highest BCUT2D eigenvalue weighted by Gasteiger charge is 2.27. The van der Waals surface area contributed by atoms with Crippen LogP contribution in [0.5, 0.6) is 0 Å². The van der Waals surface area contributed by atoms with Crippen LogP contribution in [0.2, 0.25) is 0 Å². The summed E-state index contributed by atoms with van der Waals surface area (Å²) < 4.78 is 1.46. The van der Waals surface area contributed by atoms with Gasteiger partial charge in [-0.3, -0.25) is 4.79 Å². The molecule has 3 aromatic rings. The number of benzene rings is 1. The molecule has 0 saturated heterocycles. The molecule has 1 unspecified atom stereocenters. The van der Waals surface area contributed by atoms with Crippen molar-refractivity contribution in [2.75, 3.05) is 0 Å². The number of tetrazole rings is 1. The van der Waals surface area contributed by atoms with Gasteiger partial charge in [-0.05, 0) is 48.2 Å². The Morgan fingerprint density at radius 2 is 2.30 bits per heavy atom. The maximum atomic E-state index is 12.5. The molecule has 118 valence electrons. The van der Waals surface area contributed by atoms with E-state index in [1.54, 1.807) is 6.92 Å². The van der Waals surface area contributed by atoms with Crippen molar-refractivity contribution in [1.29, 1.82) is 0 Å². The van der Waals surface area contributed by atoms with Crippen LogP contribution < -0.4 is 5.32 Å². The van der Waals surface area contributed by atoms with Gasteiger partial charge in [-0.1, -0.05) is 18.2 Å². The van der Waals surface area contributed by atoms with Crippen LogP contribution in [0.15, 0.2) is 30.6 Å². The van der Waals surface area contributed by atoms with E-state index in [0.717, 1.165) is 30.5 Å². The Balaban J connectivity index is 1.61. The van der Waals surface area contributed by atoms with Gasteiger partial charge in [0, 0.05) is 16.6 Å². The zero-order valence-corrected chi connectivity index (χ0v) is 12.9. The van der Waals surface area contributed by atoms with Crippen LogP contribution in [0.1, 0.15) is 43.1 Å². The third-order valence-corrected chi connectivity index (χ3v) is 4.57. The number of rotatable bonds is 3. The van der Waals surface area contributed by atoms with Crippen LogP contribution in [-0.2, 0) is 11.2 Å². The summed E-state index contributed by atoms with van der Waals surface area (Å²) in [6, 6.07) is 7.88. The third kappa shape index (κ3) is 2.38. The summed E-state index contributed by atoms with van der Waals surface area (Å²) in [7, 11) is 0. The summed E-state index contributed by atoms with van der Waals surface area (Å²) in [5.74, 6) is -0.0752. The van der Waals surface area contributed by atoms with Crippen molar-refractivity contribution in [3.8, 4) is 0 Å². The fourth-order valence-electron chi connectivity index (χ4n) is 3.32. The van der Waals surface area contributed by atoms with Crippen LogP contribution in [-0.4, -0.2) is 31.1 Å². The Labute approximate surface area is 133 Å². The Morgan fingerprint density at radius 1 is 1.43 bits per heavy atom. The van der Waals surface area contributed by atoms with Crippen molar-refractivity contribution >= 4 is 16.8 Å². The van der Waals surface area contributed by atoms with E-state index in [2.05, 4.69) is 44.0 Å². The molecule has 0 radical (unpaired) electrons. The first kappa shape index (κ1) is 13.9. The summed E-state index contributed by atoms with van der Waals surface area (Å²) in [4.78, 5) is 16.0. The SMILES string of the molecule is C[C@@H](C(=O)NC1CCCc2c1[nH]c1ccccc21)n1cnnn1. The molecule has 2 N–H and O–H groups in total. The number of amides is 1. The smallest absolute Gasteiger partial charge is 0.245 e. The van der Waals surface area contributed by atoms with Crippen molar-refractivity contribution in [3.63, 3.8) is 0 Å². The average Bonchev–Trinajstić information content (AvgIpc) is 3.22. The van der Waals surface area contributed by atoms with Crippen molar-refractivity contribution in [2.45, 2.75) is 38.3 Å². The summed E-state index contributed by atoms with van der Waals surface area (Å²) in [5, 5.41) is 15.4. The zero-order chi connectivity index (χ0) is 15.8. The Morgan fingerprint density at radius 3 is 3.13 bits per heavy atom. The first-order chi connectivity index (χ1) is 11.2. The second kappa shape index (κ2) is 5.49. The molecule has 23 heavy (non-hydrogen) atoms. The lowest BCUT2D eigenvalue weighted by Crippen LogP contribution is -2.36. The zero-order valence-electron chi connectivity index (χ0n) is 12.9. The minimum atomic E-state index is -0.431. The van der Waals surface area contributed by atoms with Gasteiger partial charge in [0.05, 0.1) is 6.04 Å². The number of fused-ring (bicyclic) bond motifs is 3. The maximum absolute atomic E-state index is 12.5. The number of H-pyrrole nitrogens is 1. The molecule has 1 aromatic carbocycles. The van der Waals surface area contributed by atoms with Crippen molar-refractivity contribution in [3.05, 3.63) is 41.9 Å². The fourth-order valence-corrected chi connectivity index (χ4v) is 3.32. The number of para-hydroxylation sites is 1. The highest BCUT2D eigenvalue weighted by atomic mass is 16.2. The predicted octanol–water partition coefficient (Wildman–Crippen LogP) is 1.91. The molecular weight excluding hydrogens is 292 g/mol. The highest BCUT2D eigenvalue weighted by Crippen LogP contribution is 2.34. The predicted molar refractivity (Wildman–Crippen MR) is 84.6 cm³/mol. The topological polar surface area (TPSA) is 88.5 Å². The lowest BCUT2D eigenvalue weighted by molar-refractivity contribution is -0.125. The number of aryl methyl sites for hydroxylation is 1. The molecule has 0 fully saturated rings. The van der Waals surface area contributed by atoms with Gasteiger partial charge < -0.3 is 10.3 Å². The van der Waals surface area contributed by atoms with E-state index in [4.69, 9.17) is 0 Å². The number of hydrogen-bond acceptors (Lipinski definition) is 4. The second-order valence-corrected chi connectivity index (χ2v) is 5.98. The third-order valence-electron chi connectivity index (χ3n) is 4.57. The normalized spacial score (nSPS) is 18.6. The molecule has 0 spiro atoms. The van der Waals surface area contributed by atoms with Crippen LogP contribution in [0.4, 0.5) is 0 Å². The number of hydrogen-bond donors (Lipinski definition) is 2. The van der Waals surface area contributed by atoms with E-state index in [0.29, 0.717) is 0 Å². The van der Waals surface area contributed by atoms with E-state index in [9.17, 15) is 4.79 Å². The molecule has 7 nitrogen and oxygen atoms in total. The molecule has 1 amide bonds. The Bertz CT molecular complexity index is 838. The number of carbonyl (C=O) groups is 1. The minimum absolute atomic E-state index is 0.0116. The maximum Gasteiger partial charge on any atom is 0.245 e. The molecule has 1 aliphatic rings. The quantitative estimate of drug-likeness (QED) is 0.773. The molecule has 4 rings (SSSR count). The first-order valence-corrected chi connectivity index (χ1v) is 7.86. The van der Waals surface area contributed by atoms with E-state index in [1.807, 2.05) is 6.07 Å². The van der Waals surface area contributed by atoms with E-state index in [1.165, 1.54) is 22.0 Å². The molecule has 2 aromatic heterocycles. The lowest BCUT2D eigenvalue weighted by atomic mass is 9.91. The fraction of sp³-hybridized carbons (Fsp3) is 0.375. The van der Waals surface area contributed by atoms with Gasteiger partial charge in [0.2, 0.25) is 5.91 Å². The van der Waals surface area contributed by atoms with Gasteiger partial charge in [-0.2, -0.15) is 0 Å². The Hall–Kier alpha value is -2.70. The van der Waals surface area contributed by atoms with Gasteiger partial charge in [-0.25, -0.2) is 4.68 Å². The van der Waals surface area contributed by atoms with Crippen molar-refractivity contribution in [2.24, 2.45) is 0 Å². The van der Waals surface area contributed by atoms with E-state index in [-0.39, 0.29) is 11.9 Å². The molecular formula is C16H18N6O. The van der Waals surface area contributed by atoms with Crippen LogP contribution in [0.3, 0.4) is 0 Å². The van der Waals surface area contributed by atoms with Gasteiger partial charge in [0.25, 0.3) is 0 Å². The average molecular weight is 310 g/mol. The second-order valence-electron chi connectivity index (χ2n) is 5.98. The molecule has 0 saturated carbocycles. The molecule has 0 bridgehead atoms. The van der Waals surface area contributed by atoms with Gasteiger partial charge in [-0.15, -0.1) is 5.10 Å². The largest absolute Gasteiger partial charge is 0.356 e. The first-order valence-electron chi connectivity index (χ1n) is 7.86. The van der Waals surface area contributed by atoms with Crippen molar-refractivity contribution in [1.82, 2.24) is 30.5 Å². The number of nitrogens with zero attached hydrogens (tertiary/aromatic N) is 4. The van der Waals surface area contributed by atoms with Gasteiger partial charge in [0.15, 0.2) is 0 Å². The van der Waals surface area contributed by atoms with E-state index < -0.39 is 6.04 Å². The standard InChI is InChI=1S/C16H18N6O/c1-10(22-9-17-20-21-22)16(23)19-14-8-4-6-12-11-5-2-3-7-13(11)18-15(12)14/h2-3,5,7,9-10,14,18H,4,6,8H2,1H3,(H,19,23)/t10-,14?/m0/s1. The molecule has 1 aliphatic carbocycles. The van der Waals surface area contributed by atoms with Crippen LogP contribution >= 0.6 is 0 Å². The summed E-state index contributed by atoms with van der Waals surface area (Å²) in [6.45, 7) is 1.79. The highest BCUT2D eigenvalue weighted by molar-refractivity contribution is 5.86. The summed E-state index contributed by atoms with van der Waals surface area (Å²) in [6.07, 6.45) is 4.51. The van der Waals surface area contributed by atoms with Crippen LogP contribution in [0.25, 0.3) is 10.9 Å².